The monoisotopic (exact) mass is 472 g/mol. The second kappa shape index (κ2) is 10.1. The molecule has 0 unspecified atom stereocenters. The molecule has 1 aliphatic heterocycles. The van der Waals surface area contributed by atoms with Gasteiger partial charge in [-0.05, 0) is 57.4 Å². The van der Waals surface area contributed by atoms with Crippen molar-refractivity contribution in [2.75, 3.05) is 13.2 Å². The molecule has 4 aromatic rings. The Hall–Kier alpha value is -3.02. The minimum atomic E-state index is 0.512. The van der Waals surface area contributed by atoms with Gasteiger partial charge in [0, 0.05) is 46.7 Å². The molecule has 0 aliphatic carbocycles. The third kappa shape index (κ3) is 4.91. The summed E-state index contributed by atoms with van der Waals surface area (Å²) in [6, 6.07) is 11.0. The van der Waals surface area contributed by atoms with Crippen LogP contribution in [-0.4, -0.2) is 34.1 Å². The molecule has 5 rings (SSSR count). The van der Waals surface area contributed by atoms with Crippen molar-refractivity contribution >= 4 is 22.5 Å². The van der Waals surface area contributed by atoms with E-state index in [2.05, 4.69) is 53.4 Å². The smallest absolute Gasteiger partial charge is 0.138 e. The molecule has 0 radical (unpaired) electrons. The lowest BCUT2D eigenvalue weighted by Crippen LogP contribution is -2.35. The van der Waals surface area contributed by atoms with Crippen LogP contribution in [0.5, 0.6) is 5.75 Å². The molecule has 174 valence electrons. The Bertz CT molecular complexity index is 1280. The molecule has 1 aliphatic rings. The standard InChI is InChI=1S/C28H29ClN4O/c1-18-9-19(2)11-20(10-18)25-16-33-27-13-26(29)23(21-14-30-17-31-15-21)12-24(27)28(25)34-8-6-22-5-3-4-7-32-22/h9-17,22,32H,3-8H2,1-2H3/t22-/m1/s1. The minimum Gasteiger partial charge on any atom is -0.492 e. The highest BCUT2D eigenvalue weighted by Crippen LogP contribution is 2.40. The molecule has 1 atom stereocenters. The van der Waals surface area contributed by atoms with Crippen LogP contribution in [0.3, 0.4) is 0 Å². The molecule has 34 heavy (non-hydrogen) atoms. The van der Waals surface area contributed by atoms with Crippen molar-refractivity contribution in [1.82, 2.24) is 20.3 Å². The number of hydrogen-bond donors (Lipinski definition) is 1. The van der Waals surface area contributed by atoms with E-state index in [-0.39, 0.29) is 0 Å². The number of ether oxygens (including phenoxy) is 1. The lowest BCUT2D eigenvalue weighted by molar-refractivity contribution is 0.271. The number of pyridine rings is 1. The SMILES string of the molecule is Cc1cc(C)cc(-c2cnc3cc(Cl)c(-c4cncnc4)cc3c2OCC[C@H]2CCCCN2)c1. The number of aromatic nitrogens is 3. The third-order valence-corrected chi connectivity index (χ3v) is 6.75. The maximum atomic E-state index is 6.65. The van der Waals surface area contributed by atoms with Gasteiger partial charge < -0.3 is 10.1 Å². The van der Waals surface area contributed by atoms with E-state index in [4.69, 9.17) is 21.3 Å². The van der Waals surface area contributed by atoms with E-state index in [0.717, 1.165) is 51.9 Å². The predicted octanol–water partition coefficient (Wildman–Crippen LogP) is 6.54. The van der Waals surface area contributed by atoms with Crippen molar-refractivity contribution < 1.29 is 4.74 Å². The van der Waals surface area contributed by atoms with E-state index in [9.17, 15) is 0 Å². The number of nitrogens with zero attached hydrogens (tertiary/aromatic N) is 3. The molecule has 1 saturated heterocycles. The van der Waals surface area contributed by atoms with Gasteiger partial charge in [0.25, 0.3) is 0 Å². The van der Waals surface area contributed by atoms with E-state index >= 15 is 0 Å². The number of aryl methyl sites for hydroxylation is 2. The van der Waals surface area contributed by atoms with Crippen molar-refractivity contribution in [1.29, 1.82) is 0 Å². The molecule has 0 saturated carbocycles. The number of benzene rings is 2. The first-order valence-corrected chi connectivity index (χ1v) is 12.3. The molecule has 5 nitrogen and oxygen atoms in total. The molecule has 0 amide bonds. The molecule has 1 N–H and O–H groups in total. The number of piperidine rings is 1. The summed E-state index contributed by atoms with van der Waals surface area (Å²) in [5.41, 5.74) is 7.07. The van der Waals surface area contributed by atoms with E-state index in [0.29, 0.717) is 17.7 Å². The fourth-order valence-electron chi connectivity index (χ4n) is 4.81. The zero-order valence-electron chi connectivity index (χ0n) is 19.6. The summed E-state index contributed by atoms with van der Waals surface area (Å²) < 4.78 is 6.56. The quantitative estimate of drug-likeness (QED) is 0.345. The van der Waals surface area contributed by atoms with Gasteiger partial charge in [-0.3, -0.25) is 4.98 Å². The van der Waals surface area contributed by atoms with E-state index < -0.39 is 0 Å². The largest absolute Gasteiger partial charge is 0.492 e. The first-order chi connectivity index (χ1) is 16.6. The van der Waals surface area contributed by atoms with Crippen molar-refractivity contribution in [2.45, 2.75) is 45.6 Å². The molecular weight excluding hydrogens is 444 g/mol. The number of fused-ring (bicyclic) bond motifs is 1. The fourth-order valence-corrected chi connectivity index (χ4v) is 5.08. The van der Waals surface area contributed by atoms with Crippen LogP contribution in [0.15, 0.2) is 55.2 Å². The van der Waals surface area contributed by atoms with Crippen molar-refractivity contribution in [3.8, 4) is 28.0 Å². The van der Waals surface area contributed by atoms with Crippen LogP contribution in [0, 0.1) is 13.8 Å². The lowest BCUT2D eigenvalue weighted by Gasteiger charge is -2.24. The highest BCUT2D eigenvalue weighted by Gasteiger charge is 2.18. The van der Waals surface area contributed by atoms with E-state index in [1.54, 1.807) is 12.4 Å². The summed E-state index contributed by atoms with van der Waals surface area (Å²) in [7, 11) is 0. The zero-order chi connectivity index (χ0) is 23.5. The Balaban J connectivity index is 1.60. The number of hydrogen-bond acceptors (Lipinski definition) is 5. The number of nitrogens with one attached hydrogen (secondary N) is 1. The average molecular weight is 473 g/mol. The first kappa shape index (κ1) is 22.8. The Kier molecular flexibility index (Phi) is 6.75. The topological polar surface area (TPSA) is 59.9 Å². The van der Waals surface area contributed by atoms with Crippen LogP contribution in [-0.2, 0) is 0 Å². The Morgan fingerprint density at radius 1 is 0.941 bits per heavy atom. The van der Waals surface area contributed by atoms with Crippen LogP contribution in [0.25, 0.3) is 33.2 Å². The molecular formula is C28H29ClN4O. The van der Waals surface area contributed by atoms with Gasteiger partial charge in [0.15, 0.2) is 0 Å². The molecule has 1 fully saturated rings. The molecule has 6 heteroatoms. The van der Waals surface area contributed by atoms with Gasteiger partial charge in [-0.15, -0.1) is 0 Å². The van der Waals surface area contributed by atoms with Crippen molar-refractivity contribution in [3.05, 3.63) is 71.4 Å². The van der Waals surface area contributed by atoms with Gasteiger partial charge in [0.1, 0.15) is 12.1 Å². The van der Waals surface area contributed by atoms with Crippen LogP contribution in [0.2, 0.25) is 5.02 Å². The highest BCUT2D eigenvalue weighted by molar-refractivity contribution is 6.34. The second-order valence-electron chi connectivity index (χ2n) is 9.14. The zero-order valence-corrected chi connectivity index (χ0v) is 20.4. The summed E-state index contributed by atoms with van der Waals surface area (Å²) >= 11 is 6.65. The molecule has 2 aromatic heterocycles. The molecule has 3 heterocycles. The van der Waals surface area contributed by atoms with Gasteiger partial charge >= 0.3 is 0 Å². The summed E-state index contributed by atoms with van der Waals surface area (Å²) in [5.74, 6) is 0.848. The maximum Gasteiger partial charge on any atom is 0.138 e. The average Bonchev–Trinajstić information content (AvgIpc) is 2.84. The van der Waals surface area contributed by atoms with Crippen LogP contribution < -0.4 is 10.1 Å². The summed E-state index contributed by atoms with van der Waals surface area (Å²) in [6.07, 6.45) is 11.7. The lowest BCUT2D eigenvalue weighted by atomic mass is 9.98. The van der Waals surface area contributed by atoms with Crippen molar-refractivity contribution in [3.63, 3.8) is 0 Å². The van der Waals surface area contributed by atoms with Gasteiger partial charge in [0.2, 0.25) is 0 Å². The van der Waals surface area contributed by atoms with E-state index in [1.165, 1.54) is 36.7 Å². The summed E-state index contributed by atoms with van der Waals surface area (Å²) in [5, 5.41) is 5.18. The van der Waals surface area contributed by atoms with Crippen molar-refractivity contribution in [2.24, 2.45) is 0 Å². The first-order valence-electron chi connectivity index (χ1n) is 11.9. The molecule has 2 aromatic carbocycles. The van der Waals surface area contributed by atoms with Gasteiger partial charge in [-0.1, -0.05) is 47.3 Å². The molecule has 0 spiro atoms. The Labute approximate surface area is 205 Å². The Morgan fingerprint density at radius 3 is 2.47 bits per heavy atom. The second-order valence-corrected chi connectivity index (χ2v) is 9.54. The highest BCUT2D eigenvalue weighted by atomic mass is 35.5. The summed E-state index contributed by atoms with van der Waals surface area (Å²) in [4.78, 5) is 13.1. The normalized spacial score (nSPS) is 16.0. The van der Waals surface area contributed by atoms with Gasteiger partial charge in [-0.25, -0.2) is 9.97 Å². The fraction of sp³-hybridized carbons (Fsp3) is 0.321. The van der Waals surface area contributed by atoms with Gasteiger partial charge in [-0.2, -0.15) is 0 Å². The maximum absolute atomic E-state index is 6.65. The van der Waals surface area contributed by atoms with Crippen LogP contribution >= 0.6 is 11.6 Å². The third-order valence-electron chi connectivity index (χ3n) is 6.44. The number of halogens is 1. The number of rotatable bonds is 6. The predicted molar refractivity (Wildman–Crippen MR) is 138 cm³/mol. The van der Waals surface area contributed by atoms with Crippen LogP contribution in [0.1, 0.15) is 36.8 Å². The van der Waals surface area contributed by atoms with Crippen LogP contribution in [0.4, 0.5) is 0 Å². The van der Waals surface area contributed by atoms with Gasteiger partial charge in [0.05, 0.1) is 17.1 Å². The minimum absolute atomic E-state index is 0.512. The Morgan fingerprint density at radius 2 is 1.74 bits per heavy atom. The van der Waals surface area contributed by atoms with E-state index in [1.807, 2.05) is 12.3 Å². The summed E-state index contributed by atoms with van der Waals surface area (Å²) in [6.45, 7) is 5.97. The molecule has 0 bridgehead atoms.